The van der Waals surface area contributed by atoms with Crippen LogP contribution in [0.2, 0.25) is 0 Å². The molecule has 0 aliphatic carbocycles. The van der Waals surface area contributed by atoms with E-state index in [2.05, 4.69) is 48.2 Å². The second kappa shape index (κ2) is 10.1. The molecule has 0 spiro atoms. The average Bonchev–Trinajstić information content (AvgIpc) is 2.50. The van der Waals surface area contributed by atoms with Gasteiger partial charge in [-0.25, -0.2) is 0 Å². The van der Waals surface area contributed by atoms with E-state index in [4.69, 9.17) is 4.74 Å². The maximum atomic E-state index is 5.41. The van der Waals surface area contributed by atoms with E-state index in [1.54, 1.807) is 7.11 Å². The predicted molar refractivity (Wildman–Crippen MR) is 94.6 cm³/mol. The third-order valence-electron chi connectivity index (χ3n) is 4.37. The van der Waals surface area contributed by atoms with Crippen molar-refractivity contribution in [3.63, 3.8) is 0 Å². The summed E-state index contributed by atoms with van der Waals surface area (Å²) in [5.74, 6) is 0.888. The zero-order chi connectivity index (χ0) is 16.4. The molecule has 1 atom stereocenters. The van der Waals surface area contributed by atoms with Gasteiger partial charge in [-0.3, -0.25) is 4.99 Å². The molecule has 1 unspecified atom stereocenters. The van der Waals surface area contributed by atoms with Gasteiger partial charge in [0.05, 0.1) is 12.1 Å². The number of hydrogen-bond donors (Lipinski definition) is 2. The molecule has 0 radical (unpaired) electrons. The molecule has 0 bridgehead atoms. The molecule has 1 saturated heterocycles. The van der Waals surface area contributed by atoms with Gasteiger partial charge in [-0.05, 0) is 53.5 Å². The molecule has 1 aliphatic rings. The number of likely N-dealkylation sites (tertiary alicyclic amines) is 1. The van der Waals surface area contributed by atoms with Crippen molar-refractivity contribution in [3.05, 3.63) is 0 Å². The number of nitrogens with one attached hydrogen (secondary N) is 2. The van der Waals surface area contributed by atoms with Crippen LogP contribution in [0, 0.1) is 0 Å². The SMILES string of the molecule is CCNC(=NCC(C)(C)OC)NCCCN1CCCCC1C. The quantitative estimate of drug-likeness (QED) is 0.410. The summed E-state index contributed by atoms with van der Waals surface area (Å²) < 4.78 is 5.41. The van der Waals surface area contributed by atoms with Crippen LogP contribution in [0.15, 0.2) is 4.99 Å². The third-order valence-corrected chi connectivity index (χ3v) is 4.37. The Kier molecular flexibility index (Phi) is 8.79. The minimum Gasteiger partial charge on any atom is -0.377 e. The third kappa shape index (κ3) is 7.45. The minimum absolute atomic E-state index is 0.217. The molecule has 130 valence electrons. The number of guanidine groups is 1. The maximum Gasteiger partial charge on any atom is 0.191 e. The van der Waals surface area contributed by atoms with Gasteiger partial charge in [0.2, 0.25) is 0 Å². The van der Waals surface area contributed by atoms with Gasteiger partial charge in [0.25, 0.3) is 0 Å². The summed E-state index contributed by atoms with van der Waals surface area (Å²) in [6, 6.07) is 0.748. The molecule has 0 aromatic carbocycles. The Balaban J connectivity index is 2.30. The van der Waals surface area contributed by atoms with Gasteiger partial charge in [0.15, 0.2) is 5.96 Å². The molecule has 5 heteroatoms. The van der Waals surface area contributed by atoms with Crippen molar-refractivity contribution in [2.45, 2.75) is 65.0 Å². The Labute approximate surface area is 136 Å². The Bertz CT molecular complexity index is 331. The number of ether oxygens (including phenoxy) is 1. The van der Waals surface area contributed by atoms with E-state index in [1.807, 2.05) is 0 Å². The largest absolute Gasteiger partial charge is 0.377 e. The highest BCUT2D eigenvalue weighted by Crippen LogP contribution is 2.16. The summed E-state index contributed by atoms with van der Waals surface area (Å²) in [4.78, 5) is 7.23. The van der Waals surface area contributed by atoms with E-state index >= 15 is 0 Å². The molecule has 1 rings (SSSR count). The van der Waals surface area contributed by atoms with Gasteiger partial charge in [-0.15, -0.1) is 0 Å². The van der Waals surface area contributed by atoms with Crippen LogP contribution in [0.25, 0.3) is 0 Å². The van der Waals surface area contributed by atoms with E-state index in [0.717, 1.165) is 31.5 Å². The van der Waals surface area contributed by atoms with Crippen molar-refractivity contribution >= 4 is 5.96 Å². The first kappa shape index (κ1) is 19.2. The standard InChI is InChI=1S/C17H36N4O/c1-6-18-16(20-14-17(3,4)22-5)19-11-9-13-21-12-8-7-10-15(21)2/h15H,6-14H2,1-5H3,(H2,18,19,20). The number of aliphatic imine (C=N–C) groups is 1. The van der Waals surface area contributed by atoms with Crippen molar-refractivity contribution < 1.29 is 4.74 Å². The van der Waals surface area contributed by atoms with Crippen molar-refractivity contribution in [2.24, 2.45) is 4.99 Å². The highest BCUT2D eigenvalue weighted by Gasteiger charge is 2.17. The predicted octanol–water partition coefficient (Wildman–Crippen LogP) is 2.23. The lowest BCUT2D eigenvalue weighted by Gasteiger charge is -2.33. The zero-order valence-corrected chi connectivity index (χ0v) is 15.2. The fourth-order valence-electron chi connectivity index (χ4n) is 2.65. The number of piperidine rings is 1. The normalized spacial score (nSPS) is 21.0. The Morgan fingerprint density at radius 3 is 2.73 bits per heavy atom. The second-order valence-corrected chi connectivity index (χ2v) is 6.82. The van der Waals surface area contributed by atoms with Crippen molar-refractivity contribution in [2.75, 3.05) is 39.8 Å². The fourth-order valence-corrected chi connectivity index (χ4v) is 2.65. The zero-order valence-electron chi connectivity index (χ0n) is 15.2. The topological polar surface area (TPSA) is 48.9 Å². The molecular weight excluding hydrogens is 276 g/mol. The second-order valence-electron chi connectivity index (χ2n) is 6.82. The molecule has 0 saturated carbocycles. The number of hydrogen-bond acceptors (Lipinski definition) is 3. The maximum absolute atomic E-state index is 5.41. The van der Waals surface area contributed by atoms with Gasteiger partial charge in [0, 0.05) is 32.8 Å². The smallest absolute Gasteiger partial charge is 0.191 e. The summed E-state index contributed by atoms with van der Waals surface area (Å²) in [7, 11) is 1.73. The van der Waals surface area contributed by atoms with Gasteiger partial charge in [-0.1, -0.05) is 6.42 Å². The van der Waals surface area contributed by atoms with Crippen LogP contribution in [-0.2, 0) is 4.74 Å². The molecule has 1 fully saturated rings. The lowest BCUT2D eigenvalue weighted by Crippen LogP contribution is -2.42. The first-order chi connectivity index (χ1) is 10.5. The first-order valence-electron chi connectivity index (χ1n) is 8.80. The highest BCUT2D eigenvalue weighted by atomic mass is 16.5. The van der Waals surface area contributed by atoms with Crippen LogP contribution < -0.4 is 10.6 Å². The van der Waals surface area contributed by atoms with Crippen LogP contribution >= 0.6 is 0 Å². The van der Waals surface area contributed by atoms with Crippen LogP contribution in [-0.4, -0.2) is 62.3 Å². The number of methoxy groups -OCH3 is 1. The van der Waals surface area contributed by atoms with Crippen molar-refractivity contribution in [1.29, 1.82) is 0 Å². The Hall–Kier alpha value is -0.810. The lowest BCUT2D eigenvalue weighted by molar-refractivity contribution is 0.0310. The molecule has 22 heavy (non-hydrogen) atoms. The Morgan fingerprint density at radius 2 is 2.09 bits per heavy atom. The summed E-state index contributed by atoms with van der Waals surface area (Å²) in [6.07, 6.45) is 5.25. The monoisotopic (exact) mass is 312 g/mol. The number of nitrogens with zero attached hydrogens (tertiary/aromatic N) is 2. The fraction of sp³-hybridized carbons (Fsp3) is 0.941. The molecule has 1 aliphatic heterocycles. The lowest BCUT2D eigenvalue weighted by atomic mass is 10.0. The van der Waals surface area contributed by atoms with Crippen molar-refractivity contribution in [1.82, 2.24) is 15.5 Å². The van der Waals surface area contributed by atoms with Crippen LogP contribution in [0.1, 0.15) is 53.4 Å². The van der Waals surface area contributed by atoms with E-state index in [1.165, 1.54) is 32.4 Å². The van der Waals surface area contributed by atoms with E-state index in [9.17, 15) is 0 Å². The highest BCUT2D eigenvalue weighted by molar-refractivity contribution is 5.79. The van der Waals surface area contributed by atoms with E-state index in [0.29, 0.717) is 6.54 Å². The molecule has 5 nitrogen and oxygen atoms in total. The molecule has 2 N–H and O–H groups in total. The van der Waals surface area contributed by atoms with Crippen molar-refractivity contribution in [3.8, 4) is 0 Å². The van der Waals surface area contributed by atoms with Crippen LogP contribution in [0.3, 0.4) is 0 Å². The molecule has 0 aromatic heterocycles. The van der Waals surface area contributed by atoms with E-state index < -0.39 is 0 Å². The van der Waals surface area contributed by atoms with E-state index in [-0.39, 0.29) is 5.60 Å². The summed E-state index contributed by atoms with van der Waals surface area (Å²) in [6.45, 7) is 13.5. The number of rotatable bonds is 8. The summed E-state index contributed by atoms with van der Waals surface area (Å²) >= 11 is 0. The molecule has 1 heterocycles. The average molecular weight is 313 g/mol. The van der Waals surface area contributed by atoms with Crippen LogP contribution in [0.5, 0.6) is 0 Å². The first-order valence-corrected chi connectivity index (χ1v) is 8.80. The van der Waals surface area contributed by atoms with Gasteiger partial charge < -0.3 is 20.3 Å². The minimum atomic E-state index is -0.217. The summed E-state index contributed by atoms with van der Waals surface area (Å²) in [5.41, 5.74) is -0.217. The van der Waals surface area contributed by atoms with Gasteiger partial charge in [0.1, 0.15) is 0 Å². The van der Waals surface area contributed by atoms with Gasteiger partial charge in [-0.2, -0.15) is 0 Å². The molecule has 0 amide bonds. The Morgan fingerprint density at radius 1 is 1.32 bits per heavy atom. The summed E-state index contributed by atoms with van der Waals surface area (Å²) in [5, 5.41) is 6.72. The molecule has 0 aromatic rings. The molecular formula is C17H36N4O. The van der Waals surface area contributed by atoms with Gasteiger partial charge >= 0.3 is 0 Å². The van der Waals surface area contributed by atoms with Crippen LogP contribution in [0.4, 0.5) is 0 Å².